The molecule has 0 unspecified atom stereocenters. The number of rotatable bonds is 7. The van der Waals surface area contributed by atoms with E-state index in [1.807, 2.05) is 49.1 Å². The van der Waals surface area contributed by atoms with Crippen LogP contribution < -0.4 is 5.73 Å². The van der Waals surface area contributed by atoms with Crippen LogP contribution in [0.2, 0.25) is 0 Å². The van der Waals surface area contributed by atoms with Crippen molar-refractivity contribution in [3.8, 4) is 0 Å². The fourth-order valence-electron chi connectivity index (χ4n) is 2.48. The first-order valence-corrected chi connectivity index (χ1v) is 7.79. The molecule has 0 saturated heterocycles. The van der Waals surface area contributed by atoms with Crippen LogP contribution in [0.25, 0.3) is 0 Å². The van der Waals surface area contributed by atoms with E-state index in [1.165, 1.54) is 0 Å². The SMILES string of the molecule is CCCN(CC(C)(C)CN)C(=O)C(C)(C)c1ccccc1. The van der Waals surface area contributed by atoms with Gasteiger partial charge in [0.1, 0.15) is 0 Å². The molecule has 1 aromatic carbocycles. The minimum absolute atomic E-state index is 0.0579. The largest absolute Gasteiger partial charge is 0.341 e. The number of nitrogens with zero attached hydrogens (tertiary/aromatic N) is 1. The number of nitrogens with two attached hydrogens (primary N) is 1. The second-order valence-corrected chi connectivity index (χ2v) is 7.09. The van der Waals surface area contributed by atoms with Crippen molar-refractivity contribution in [3.63, 3.8) is 0 Å². The van der Waals surface area contributed by atoms with Gasteiger partial charge in [-0.05, 0) is 37.8 Å². The van der Waals surface area contributed by atoms with Crippen molar-refractivity contribution in [1.82, 2.24) is 4.90 Å². The summed E-state index contributed by atoms with van der Waals surface area (Å²) in [6.45, 7) is 12.4. The van der Waals surface area contributed by atoms with Gasteiger partial charge in [0.25, 0.3) is 0 Å². The quantitative estimate of drug-likeness (QED) is 0.838. The van der Waals surface area contributed by atoms with Gasteiger partial charge in [0.15, 0.2) is 0 Å². The van der Waals surface area contributed by atoms with Gasteiger partial charge >= 0.3 is 0 Å². The second kappa shape index (κ2) is 7.08. The normalized spacial score (nSPS) is 12.3. The van der Waals surface area contributed by atoms with E-state index in [0.717, 1.165) is 18.5 Å². The Hall–Kier alpha value is -1.35. The minimum atomic E-state index is -0.513. The summed E-state index contributed by atoms with van der Waals surface area (Å²) in [5.41, 5.74) is 6.32. The molecule has 0 saturated carbocycles. The highest BCUT2D eigenvalue weighted by Crippen LogP contribution is 2.27. The Morgan fingerprint density at radius 2 is 1.71 bits per heavy atom. The van der Waals surface area contributed by atoms with Crippen molar-refractivity contribution in [1.29, 1.82) is 0 Å². The third-order valence-corrected chi connectivity index (χ3v) is 3.98. The molecule has 0 fully saturated rings. The van der Waals surface area contributed by atoms with E-state index < -0.39 is 5.41 Å². The lowest BCUT2D eigenvalue weighted by atomic mass is 9.82. The van der Waals surface area contributed by atoms with Gasteiger partial charge in [0, 0.05) is 13.1 Å². The first-order chi connectivity index (χ1) is 9.74. The molecule has 21 heavy (non-hydrogen) atoms. The minimum Gasteiger partial charge on any atom is -0.341 e. The highest BCUT2D eigenvalue weighted by molar-refractivity contribution is 5.87. The molecule has 0 aromatic heterocycles. The van der Waals surface area contributed by atoms with Crippen molar-refractivity contribution < 1.29 is 4.79 Å². The summed E-state index contributed by atoms with van der Waals surface area (Å²) >= 11 is 0. The standard InChI is InChI=1S/C18H30N2O/c1-6-12-20(14-17(2,3)13-19)16(21)18(4,5)15-10-8-7-9-11-15/h7-11H,6,12-14,19H2,1-5H3. The van der Waals surface area contributed by atoms with Crippen LogP contribution in [0.4, 0.5) is 0 Å². The van der Waals surface area contributed by atoms with Crippen molar-refractivity contribution >= 4 is 5.91 Å². The number of hydrogen-bond donors (Lipinski definition) is 1. The van der Waals surface area contributed by atoms with Gasteiger partial charge in [-0.1, -0.05) is 51.1 Å². The fourth-order valence-corrected chi connectivity index (χ4v) is 2.48. The summed E-state index contributed by atoms with van der Waals surface area (Å²) in [6, 6.07) is 9.99. The van der Waals surface area contributed by atoms with Gasteiger partial charge in [0.2, 0.25) is 5.91 Å². The van der Waals surface area contributed by atoms with Crippen molar-refractivity contribution in [2.45, 2.75) is 46.5 Å². The van der Waals surface area contributed by atoms with Gasteiger partial charge in [-0.3, -0.25) is 4.79 Å². The van der Waals surface area contributed by atoms with E-state index >= 15 is 0 Å². The molecule has 0 heterocycles. The summed E-state index contributed by atoms with van der Waals surface area (Å²) in [5, 5.41) is 0. The van der Waals surface area contributed by atoms with Crippen molar-refractivity contribution in [2.75, 3.05) is 19.6 Å². The molecule has 1 amide bonds. The molecular weight excluding hydrogens is 260 g/mol. The van der Waals surface area contributed by atoms with E-state index in [1.54, 1.807) is 0 Å². The number of carbonyl (C=O) groups is 1. The first kappa shape index (κ1) is 17.7. The maximum atomic E-state index is 13.0. The Balaban J connectivity index is 3.00. The maximum absolute atomic E-state index is 13.0. The summed E-state index contributed by atoms with van der Waals surface area (Å²) in [5.74, 6) is 0.178. The summed E-state index contributed by atoms with van der Waals surface area (Å²) in [4.78, 5) is 15.0. The maximum Gasteiger partial charge on any atom is 0.232 e. The molecule has 3 nitrogen and oxygen atoms in total. The van der Waals surface area contributed by atoms with Crippen LogP contribution in [-0.2, 0) is 10.2 Å². The molecule has 1 aromatic rings. The zero-order valence-electron chi connectivity index (χ0n) is 14.1. The predicted molar refractivity (Wildman–Crippen MR) is 89.2 cm³/mol. The summed E-state index contributed by atoms with van der Waals surface area (Å²) in [7, 11) is 0. The second-order valence-electron chi connectivity index (χ2n) is 7.09. The molecule has 0 aliphatic rings. The topological polar surface area (TPSA) is 46.3 Å². The number of carbonyl (C=O) groups excluding carboxylic acids is 1. The molecule has 0 radical (unpaired) electrons. The van der Waals surface area contributed by atoms with Crippen molar-refractivity contribution in [3.05, 3.63) is 35.9 Å². The highest BCUT2D eigenvalue weighted by Gasteiger charge is 2.35. The zero-order valence-corrected chi connectivity index (χ0v) is 14.1. The van der Waals surface area contributed by atoms with Crippen LogP contribution >= 0.6 is 0 Å². The van der Waals surface area contributed by atoms with E-state index in [4.69, 9.17) is 5.73 Å². The molecule has 0 spiro atoms. The van der Waals surface area contributed by atoms with E-state index in [0.29, 0.717) is 13.1 Å². The molecule has 2 N–H and O–H groups in total. The van der Waals surface area contributed by atoms with Gasteiger partial charge in [-0.15, -0.1) is 0 Å². The van der Waals surface area contributed by atoms with Crippen LogP contribution in [0.3, 0.4) is 0 Å². The average molecular weight is 290 g/mol. The van der Waals surface area contributed by atoms with Crippen LogP contribution in [0.15, 0.2) is 30.3 Å². The third-order valence-electron chi connectivity index (χ3n) is 3.98. The zero-order chi connectivity index (χ0) is 16.1. The molecule has 118 valence electrons. The summed E-state index contributed by atoms with van der Waals surface area (Å²) in [6.07, 6.45) is 0.956. The molecule has 0 aliphatic heterocycles. The monoisotopic (exact) mass is 290 g/mol. The van der Waals surface area contributed by atoms with Crippen molar-refractivity contribution in [2.24, 2.45) is 11.1 Å². The molecule has 1 rings (SSSR count). The number of hydrogen-bond acceptors (Lipinski definition) is 2. The lowest BCUT2D eigenvalue weighted by Crippen LogP contribution is -2.48. The van der Waals surface area contributed by atoms with E-state index in [9.17, 15) is 4.79 Å². The van der Waals surface area contributed by atoms with Crippen LogP contribution in [0.5, 0.6) is 0 Å². The van der Waals surface area contributed by atoms with Crippen LogP contribution in [-0.4, -0.2) is 30.4 Å². The third kappa shape index (κ3) is 4.57. The average Bonchev–Trinajstić information content (AvgIpc) is 2.46. The Bertz CT molecular complexity index is 452. The molecule has 0 bridgehead atoms. The smallest absolute Gasteiger partial charge is 0.232 e. The molecular formula is C18H30N2O. The van der Waals surface area contributed by atoms with Crippen LogP contribution in [0, 0.1) is 5.41 Å². The first-order valence-electron chi connectivity index (χ1n) is 7.79. The lowest BCUT2D eigenvalue weighted by molar-refractivity contribution is -0.137. The summed E-state index contributed by atoms with van der Waals surface area (Å²) < 4.78 is 0. The Labute approximate surface area is 129 Å². The molecule has 0 aliphatic carbocycles. The number of amides is 1. The fraction of sp³-hybridized carbons (Fsp3) is 0.611. The number of benzene rings is 1. The molecule has 0 atom stereocenters. The predicted octanol–water partition coefficient (Wildman–Crippen LogP) is 3.19. The lowest BCUT2D eigenvalue weighted by Gasteiger charge is -2.37. The highest BCUT2D eigenvalue weighted by atomic mass is 16.2. The van der Waals surface area contributed by atoms with Gasteiger partial charge < -0.3 is 10.6 Å². The van der Waals surface area contributed by atoms with E-state index in [-0.39, 0.29) is 11.3 Å². The Morgan fingerprint density at radius 1 is 1.14 bits per heavy atom. The van der Waals surface area contributed by atoms with Crippen LogP contribution in [0.1, 0.15) is 46.6 Å². The van der Waals surface area contributed by atoms with E-state index in [2.05, 4.69) is 20.8 Å². The van der Waals surface area contributed by atoms with Gasteiger partial charge in [0.05, 0.1) is 5.41 Å². The van der Waals surface area contributed by atoms with Gasteiger partial charge in [-0.25, -0.2) is 0 Å². The Kier molecular flexibility index (Phi) is 5.97. The van der Waals surface area contributed by atoms with Gasteiger partial charge in [-0.2, -0.15) is 0 Å². The Morgan fingerprint density at radius 3 is 2.19 bits per heavy atom. The molecule has 3 heteroatoms.